The van der Waals surface area contributed by atoms with Crippen LogP contribution >= 0.6 is 22.9 Å². The summed E-state index contributed by atoms with van der Waals surface area (Å²) in [6.07, 6.45) is 1.65. The number of halogens is 1. The van der Waals surface area contributed by atoms with Crippen LogP contribution in [0.25, 0.3) is 0 Å². The van der Waals surface area contributed by atoms with E-state index >= 15 is 0 Å². The zero-order valence-electron chi connectivity index (χ0n) is 6.47. The Hall–Kier alpha value is -0.850. The molecule has 0 spiro atoms. The first-order valence-corrected chi connectivity index (χ1v) is 4.40. The molecule has 1 aromatic heterocycles. The van der Waals surface area contributed by atoms with Crippen molar-refractivity contribution < 1.29 is 4.79 Å². The van der Waals surface area contributed by atoms with Crippen LogP contribution in [0.2, 0.25) is 0 Å². The van der Waals surface area contributed by atoms with E-state index < -0.39 is 0 Å². The van der Waals surface area contributed by atoms with Crippen LogP contribution in [0, 0.1) is 6.92 Å². The van der Waals surface area contributed by atoms with Gasteiger partial charge in [0.15, 0.2) is 0 Å². The Kier molecular flexibility index (Phi) is 3.27. The first-order valence-electron chi connectivity index (χ1n) is 3.32. The van der Waals surface area contributed by atoms with E-state index in [0.29, 0.717) is 0 Å². The van der Waals surface area contributed by atoms with E-state index in [9.17, 15) is 4.79 Å². The van der Waals surface area contributed by atoms with Crippen molar-refractivity contribution in [2.45, 2.75) is 6.92 Å². The van der Waals surface area contributed by atoms with Gasteiger partial charge in [-0.15, -0.1) is 0 Å². The van der Waals surface area contributed by atoms with Gasteiger partial charge in [-0.25, -0.2) is 4.79 Å². The largest absolute Gasteiger partial charge is 0.327 e. The molecule has 0 aliphatic carbocycles. The molecule has 0 radical (unpaired) electrons. The van der Waals surface area contributed by atoms with Gasteiger partial charge in [0, 0.05) is 17.6 Å². The molecule has 0 atom stereocenters. The Morgan fingerprint density at radius 1 is 1.67 bits per heavy atom. The highest BCUT2D eigenvalue weighted by Crippen LogP contribution is 2.06. The summed E-state index contributed by atoms with van der Waals surface area (Å²) >= 11 is 1.77. The zero-order valence-corrected chi connectivity index (χ0v) is 8.62. The van der Waals surface area contributed by atoms with Gasteiger partial charge >= 0.3 is 6.03 Å². The minimum absolute atomic E-state index is 0.235. The van der Waals surface area contributed by atoms with Gasteiger partial charge < -0.3 is 5.32 Å². The summed E-state index contributed by atoms with van der Waals surface area (Å²) in [6, 6.07) is 3.30. The highest BCUT2D eigenvalue weighted by atomic mass is 127. The van der Waals surface area contributed by atoms with Crippen LogP contribution in [0.1, 0.15) is 5.69 Å². The van der Waals surface area contributed by atoms with Gasteiger partial charge in [0.05, 0.1) is 22.9 Å². The molecule has 0 aromatic carbocycles. The number of aromatic nitrogens is 1. The van der Waals surface area contributed by atoms with Crippen molar-refractivity contribution in [3.8, 4) is 0 Å². The molecule has 1 heterocycles. The third-order valence-electron chi connectivity index (χ3n) is 1.24. The summed E-state index contributed by atoms with van der Waals surface area (Å²) < 4.78 is 2.43. The summed E-state index contributed by atoms with van der Waals surface area (Å²) in [5.74, 6) is 0. The average molecular weight is 277 g/mol. The maximum Gasteiger partial charge on any atom is 0.327 e. The Bertz CT molecular complexity index is 290. The second-order valence-corrected chi connectivity index (χ2v) is 2.77. The van der Waals surface area contributed by atoms with E-state index in [2.05, 4.69) is 13.8 Å². The molecular formula is C7H8IN3O. The quantitative estimate of drug-likeness (QED) is 0.608. The van der Waals surface area contributed by atoms with Gasteiger partial charge in [-0.05, 0) is 19.1 Å². The van der Waals surface area contributed by atoms with Crippen molar-refractivity contribution in [1.82, 2.24) is 8.51 Å². The van der Waals surface area contributed by atoms with Crippen LogP contribution < -0.4 is 8.85 Å². The summed E-state index contributed by atoms with van der Waals surface area (Å²) in [5, 5.41) is 2.63. The van der Waals surface area contributed by atoms with Crippen molar-refractivity contribution in [3.63, 3.8) is 0 Å². The normalized spacial score (nSPS) is 9.17. The molecule has 2 amide bonds. The number of urea groups is 1. The second-order valence-electron chi connectivity index (χ2n) is 2.23. The van der Waals surface area contributed by atoms with Crippen molar-refractivity contribution in [1.29, 1.82) is 0 Å². The number of nitrogens with zero attached hydrogens (tertiary/aromatic N) is 1. The third kappa shape index (κ3) is 2.65. The molecule has 0 aliphatic heterocycles. The highest BCUT2D eigenvalue weighted by molar-refractivity contribution is 14.1. The summed E-state index contributed by atoms with van der Waals surface area (Å²) in [4.78, 5) is 14.8. The van der Waals surface area contributed by atoms with Gasteiger partial charge in [-0.3, -0.25) is 8.51 Å². The van der Waals surface area contributed by atoms with Crippen LogP contribution in [-0.4, -0.2) is 11.0 Å². The number of nitrogens with one attached hydrogen (secondary N) is 2. The number of hydrogen-bond acceptors (Lipinski definition) is 2. The lowest BCUT2D eigenvalue weighted by Gasteiger charge is -2.02. The fraction of sp³-hybridized carbons (Fsp3) is 0.143. The third-order valence-corrected chi connectivity index (χ3v) is 1.73. The smallest absolute Gasteiger partial charge is 0.307 e. The molecule has 0 fully saturated rings. The summed E-state index contributed by atoms with van der Waals surface area (Å²) in [6.45, 7) is 1.87. The molecule has 1 rings (SSSR count). The van der Waals surface area contributed by atoms with Gasteiger partial charge in [0.2, 0.25) is 0 Å². The first kappa shape index (κ1) is 9.24. The lowest BCUT2D eigenvalue weighted by molar-refractivity contribution is 0.258. The molecular weight excluding hydrogens is 269 g/mol. The molecule has 0 unspecified atom stereocenters. The lowest BCUT2D eigenvalue weighted by Crippen LogP contribution is -2.19. The van der Waals surface area contributed by atoms with Crippen LogP contribution in [0.4, 0.5) is 10.5 Å². The average Bonchev–Trinajstić information content (AvgIpc) is 2.04. The van der Waals surface area contributed by atoms with Crippen LogP contribution in [0.3, 0.4) is 0 Å². The Morgan fingerprint density at radius 2 is 2.42 bits per heavy atom. The van der Waals surface area contributed by atoms with Crippen LogP contribution in [0.15, 0.2) is 18.3 Å². The molecule has 0 saturated heterocycles. The number of hydrogen-bond donors (Lipinski definition) is 2. The van der Waals surface area contributed by atoms with Crippen LogP contribution in [-0.2, 0) is 0 Å². The zero-order chi connectivity index (χ0) is 8.97. The predicted octanol–water partition coefficient (Wildman–Crippen LogP) is 1.86. The second kappa shape index (κ2) is 4.24. The summed E-state index contributed by atoms with van der Waals surface area (Å²) in [7, 11) is 0. The molecule has 0 saturated carbocycles. The van der Waals surface area contributed by atoms with E-state index in [0.717, 1.165) is 11.4 Å². The monoisotopic (exact) mass is 277 g/mol. The topological polar surface area (TPSA) is 54.0 Å². The van der Waals surface area contributed by atoms with E-state index in [1.807, 2.05) is 6.92 Å². The molecule has 2 N–H and O–H groups in total. The fourth-order valence-corrected chi connectivity index (χ4v) is 0.913. The number of anilines is 1. The van der Waals surface area contributed by atoms with Crippen molar-refractivity contribution in [2.75, 3.05) is 5.32 Å². The first-order chi connectivity index (χ1) is 5.72. The summed E-state index contributed by atoms with van der Waals surface area (Å²) in [5.41, 5.74) is 1.62. The lowest BCUT2D eigenvalue weighted by atomic mass is 10.3. The molecule has 0 bridgehead atoms. The van der Waals surface area contributed by atoms with Crippen LogP contribution in [0.5, 0.6) is 0 Å². The van der Waals surface area contributed by atoms with Gasteiger partial charge in [0.25, 0.3) is 0 Å². The Labute approximate surface area is 84.3 Å². The molecule has 4 nitrogen and oxygen atoms in total. The SMILES string of the molecule is Cc1cc(NC(=O)NI)ccn1. The number of amides is 2. The molecule has 5 heteroatoms. The molecule has 1 aromatic rings. The minimum Gasteiger partial charge on any atom is -0.307 e. The Balaban J connectivity index is 2.69. The standard InChI is InChI=1S/C7H8IN3O/c1-5-4-6(2-3-9-5)10-7(12)11-8/h2-4H,1H3,(H2,9,10,11,12). The number of aryl methyl sites for hydroxylation is 1. The van der Waals surface area contributed by atoms with E-state index in [4.69, 9.17) is 0 Å². The maximum atomic E-state index is 10.8. The highest BCUT2D eigenvalue weighted by Gasteiger charge is 1.97. The fourth-order valence-electron chi connectivity index (χ4n) is 0.778. The number of carbonyl (C=O) groups excluding carboxylic acids is 1. The maximum absolute atomic E-state index is 10.8. The number of rotatable bonds is 1. The van der Waals surface area contributed by atoms with E-state index in [1.54, 1.807) is 41.2 Å². The minimum atomic E-state index is -0.235. The van der Waals surface area contributed by atoms with Crippen molar-refractivity contribution in [2.24, 2.45) is 0 Å². The molecule has 64 valence electrons. The van der Waals surface area contributed by atoms with Gasteiger partial charge in [-0.2, -0.15) is 0 Å². The molecule has 0 aliphatic rings. The van der Waals surface area contributed by atoms with E-state index in [1.165, 1.54) is 0 Å². The van der Waals surface area contributed by atoms with Gasteiger partial charge in [0.1, 0.15) is 0 Å². The predicted molar refractivity (Wildman–Crippen MR) is 55.1 cm³/mol. The molecule has 12 heavy (non-hydrogen) atoms. The Morgan fingerprint density at radius 3 is 3.00 bits per heavy atom. The van der Waals surface area contributed by atoms with E-state index in [-0.39, 0.29) is 6.03 Å². The number of pyridine rings is 1. The van der Waals surface area contributed by atoms with Crippen molar-refractivity contribution in [3.05, 3.63) is 24.0 Å². The number of carbonyl (C=O) groups is 1. The van der Waals surface area contributed by atoms with Gasteiger partial charge in [-0.1, -0.05) is 0 Å². The van der Waals surface area contributed by atoms with Crippen molar-refractivity contribution >= 4 is 34.6 Å².